The van der Waals surface area contributed by atoms with E-state index in [1.165, 1.54) is 12.1 Å². The number of carboxylic acid groups (broad SMARTS) is 1. The number of nitrogens with two attached hydrogens (primary N) is 6. The van der Waals surface area contributed by atoms with Gasteiger partial charge in [-0.05, 0) is 84.0 Å². The summed E-state index contributed by atoms with van der Waals surface area (Å²) < 4.78 is 11.3. The van der Waals surface area contributed by atoms with E-state index in [0.29, 0.717) is 38.7 Å². The normalized spacial score (nSPS) is 19.6. The summed E-state index contributed by atoms with van der Waals surface area (Å²) in [7, 11) is 0. The van der Waals surface area contributed by atoms with Gasteiger partial charge in [0.25, 0.3) is 0 Å². The quantitative estimate of drug-likeness (QED) is 0.0176. The lowest BCUT2D eigenvalue weighted by Crippen LogP contribution is -2.67. The number of benzene rings is 4. The van der Waals surface area contributed by atoms with Crippen LogP contribution in [-0.2, 0) is 110 Å². The van der Waals surface area contributed by atoms with Gasteiger partial charge in [0.15, 0.2) is 0 Å². The fourth-order valence-electron chi connectivity index (χ4n) is 13.0. The van der Waals surface area contributed by atoms with E-state index in [1.54, 1.807) is 79.0 Å². The Morgan fingerprint density at radius 1 is 0.597 bits per heavy atom. The minimum atomic E-state index is -2.09. The van der Waals surface area contributed by atoms with Crippen LogP contribution in [0.1, 0.15) is 101 Å². The summed E-state index contributed by atoms with van der Waals surface area (Å²) in [6, 6.07) is 5.82. The monoisotopic (exact) mass is 1680 g/mol. The fraction of sp³-hybridized carbons (Fsp3) is 0.455. The molecule has 2 aliphatic heterocycles. The van der Waals surface area contributed by atoms with Crippen molar-refractivity contribution in [1.82, 2.24) is 68.8 Å². The maximum atomic E-state index is 15.7. The molecule has 0 spiro atoms. The van der Waals surface area contributed by atoms with E-state index in [2.05, 4.69) is 68.8 Å². The number of carboxylic acids is 1. The van der Waals surface area contributed by atoms with Crippen molar-refractivity contribution in [1.29, 1.82) is 0 Å². The van der Waals surface area contributed by atoms with Crippen LogP contribution in [0.2, 0.25) is 0 Å². The Hall–Kier alpha value is -12.8. The molecule has 0 bridgehead atoms. The van der Waals surface area contributed by atoms with Crippen LogP contribution in [0, 0.1) is 0 Å². The van der Waals surface area contributed by atoms with Crippen LogP contribution in [0.15, 0.2) is 97.2 Å². The molecule has 7 rings (SSSR count). The van der Waals surface area contributed by atoms with Gasteiger partial charge in [-0.25, -0.2) is 0 Å². The number of primary amides is 5. The van der Waals surface area contributed by atoms with Gasteiger partial charge in [-0.2, -0.15) is 11.8 Å². The maximum absolute atomic E-state index is 15.7. The van der Waals surface area contributed by atoms with Gasteiger partial charge in [-0.1, -0.05) is 72.8 Å². The van der Waals surface area contributed by atoms with E-state index in [9.17, 15) is 67.7 Å². The van der Waals surface area contributed by atoms with Crippen molar-refractivity contribution in [2.75, 3.05) is 37.9 Å². The van der Waals surface area contributed by atoms with Crippen molar-refractivity contribution in [3.63, 3.8) is 0 Å². The molecule has 0 aliphatic carbocycles. The standard InChI is InChI=1S/C77H101N19O22S/c1-39(97)64-75(115)92-56(34-45-37-84-48-10-6-5-9-47(45)48)71(111)87-49(17-20-59(79)99)66(106)93-58(38-119-30-23-52(85-40(2)98)68(108)86-50(69(109)95-64)18-21-60(80)100)73(113)89-54(32-41-12-15-46(16-13-41)118-29-26-78)70(110)90-55(33-42-11-14-43-7-3-4-8-44(43)31-42)74(114)96-77(24-27-117-28-25-77)76(116)94-51(19-22-63(103)104)67(107)91-57(36-62(82)102)72(112)88-53(65(83)105)35-61(81)101/h3-16,31,37,39,49-58,64,84,97H,17-30,32-36,38,78H2,1-2H3,(H2,79,99)(H2,80,100)(H2,81,101)(H2,82,102)(H2,83,105)(H,85,98)(H,86,108)(H,87,111)(H,88,112)(H,89,113)(H,90,110)(H,91,107)(H,92,115)(H,93,106)(H,94,116)(H,95,109)(H,96,114)(H,103,104)/t39-,49+,50+,51+,52+,53+,54+,55+,56+,57+,58+,64+/m1/s1. The molecular weight excluding hydrogens is 1580 g/mol. The van der Waals surface area contributed by atoms with Crippen molar-refractivity contribution in [3.05, 3.63) is 114 Å². The molecule has 5 aromatic rings. The second kappa shape index (κ2) is 45.0. The number of aromatic nitrogens is 1. The summed E-state index contributed by atoms with van der Waals surface area (Å²) in [5, 5.41) is 53.1. The van der Waals surface area contributed by atoms with Crippen molar-refractivity contribution < 1.29 is 106 Å². The van der Waals surface area contributed by atoms with Crippen molar-refractivity contribution in [2.24, 2.45) is 34.4 Å². The number of hydrogen-bond acceptors (Lipinski definition) is 23. The van der Waals surface area contributed by atoms with Crippen LogP contribution in [-0.4, -0.2) is 238 Å². The molecule has 4 aromatic carbocycles. The number of aliphatic carboxylic acids is 1. The molecule has 2 saturated heterocycles. The third kappa shape index (κ3) is 29.1. The number of aliphatic hydroxyl groups is 1. The number of carbonyl (C=O) groups excluding carboxylic acids is 17. The van der Waals surface area contributed by atoms with E-state index < -0.39 is 248 Å². The zero-order valence-corrected chi connectivity index (χ0v) is 66.1. The Labute approximate surface area is 685 Å². The summed E-state index contributed by atoms with van der Waals surface area (Å²) in [5.74, 6) is -20.3. The number of aliphatic hydroxyl groups excluding tert-OH is 1. The average molecular weight is 1680 g/mol. The molecule has 3 heterocycles. The van der Waals surface area contributed by atoms with Crippen molar-refractivity contribution in [3.8, 4) is 5.75 Å². The molecule has 1 aromatic heterocycles. The lowest BCUT2D eigenvalue weighted by atomic mass is 9.87. The average Bonchev–Trinajstić information content (AvgIpc) is 1.32. The number of aromatic amines is 1. The molecule has 2 fully saturated rings. The predicted octanol–water partition coefficient (Wildman–Crippen LogP) is -6.15. The Kier molecular flexibility index (Phi) is 35.3. The molecule has 42 heteroatoms. The second-order valence-corrected chi connectivity index (χ2v) is 29.8. The van der Waals surface area contributed by atoms with Crippen molar-refractivity contribution in [2.45, 2.75) is 182 Å². The Morgan fingerprint density at radius 2 is 1.15 bits per heavy atom. The summed E-state index contributed by atoms with van der Waals surface area (Å²) >= 11 is 0.904. The number of ether oxygens (including phenoxy) is 2. The second-order valence-electron chi connectivity index (χ2n) is 28.7. The maximum Gasteiger partial charge on any atom is 0.303 e. The summed E-state index contributed by atoms with van der Waals surface area (Å²) in [4.78, 5) is 252. The smallest absolute Gasteiger partial charge is 0.303 e. The predicted molar refractivity (Wildman–Crippen MR) is 426 cm³/mol. The Balaban J connectivity index is 1.30. The third-order valence-corrected chi connectivity index (χ3v) is 20.5. The van der Waals surface area contributed by atoms with Crippen LogP contribution in [0.3, 0.4) is 0 Å². The fourth-order valence-corrected chi connectivity index (χ4v) is 14.1. The molecule has 12 atom stereocenters. The van der Waals surface area contributed by atoms with Gasteiger partial charge in [-0.3, -0.25) is 86.3 Å². The molecule has 41 nitrogen and oxygen atoms in total. The van der Waals surface area contributed by atoms with Crippen molar-refractivity contribution >= 4 is 140 Å². The highest BCUT2D eigenvalue weighted by Crippen LogP contribution is 2.26. The van der Waals surface area contributed by atoms with E-state index in [1.807, 2.05) is 6.07 Å². The van der Waals surface area contributed by atoms with Crippen LogP contribution >= 0.6 is 11.8 Å². The number of hydrogen-bond donors (Lipinski definition) is 21. The summed E-state index contributed by atoms with van der Waals surface area (Å²) in [5.41, 5.74) is 32.6. The Morgan fingerprint density at radius 3 is 1.77 bits per heavy atom. The first kappa shape index (κ1) is 93.3. The molecule has 27 N–H and O–H groups in total. The molecule has 2 aliphatic rings. The molecule has 17 amide bonds. The highest BCUT2D eigenvalue weighted by atomic mass is 32.2. The van der Waals surface area contributed by atoms with Gasteiger partial charge in [0, 0.05) is 101 Å². The highest BCUT2D eigenvalue weighted by molar-refractivity contribution is 7.99. The first-order valence-corrected chi connectivity index (χ1v) is 39.2. The van der Waals surface area contributed by atoms with Gasteiger partial charge in [0.05, 0.1) is 18.9 Å². The van der Waals surface area contributed by atoms with E-state index in [-0.39, 0.29) is 64.2 Å². The van der Waals surface area contributed by atoms with Gasteiger partial charge in [-0.15, -0.1) is 0 Å². The first-order chi connectivity index (χ1) is 56.5. The van der Waals surface area contributed by atoms with Crippen LogP contribution in [0.4, 0.5) is 0 Å². The third-order valence-electron chi connectivity index (χ3n) is 19.4. The molecule has 0 saturated carbocycles. The minimum Gasteiger partial charge on any atom is -0.492 e. The lowest BCUT2D eigenvalue weighted by Gasteiger charge is -2.38. The number of nitrogens with one attached hydrogen (secondary N) is 13. The van der Waals surface area contributed by atoms with Gasteiger partial charge < -0.3 is 123 Å². The zero-order valence-electron chi connectivity index (χ0n) is 65.2. The number of para-hydroxylation sites is 1. The number of carbonyl (C=O) groups is 18. The highest BCUT2D eigenvalue weighted by Gasteiger charge is 2.46. The molecule has 0 unspecified atom stereocenters. The summed E-state index contributed by atoms with van der Waals surface area (Å²) in [6.07, 6.45) is -7.67. The molecular formula is C77H101N19O22S. The minimum absolute atomic E-state index is 0.100. The van der Waals surface area contributed by atoms with Crippen LogP contribution < -0.4 is 103 Å². The Bertz CT molecular complexity index is 4560. The molecule has 119 heavy (non-hydrogen) atoms. The largest absolute Gasteiger partial charge is 0.492 e. The van der Waals surface area contributed by atoms with E-state index in [4.69, 9.17) is 43.9 Å². The van der Waals surface area contributed by atoms with E-state index >= 15 is 28.8 Å². The number of rotatable bonds is 37. The SMILES string of the molecule is CC(=O)N[C@H]1CCSC[C@@H](C(=O)N[C@@H](Cc2ccc(OCCN)cc2)C(=O)N[C@@H](Cc2ccc3ccccc3c2)C(=O)NC2(C(=O)N[C@@H](CCC(=O)O)C(=O)N[C@@H](CC(N)=O)C(=O)N[C@@H](CC(N)=O)C(N)=O)CCOCC2)NC(=O)[C@H](CCC(N)=O)NC(=O)[C@H](Cc2c[nH]c3ccccc23)NC(=O)[C@H]([C@@H](C)O)NC(=O)[C@H](CCC(N)=O)NC1=O. The van der Waals surface area contributed by atoms with Gasteiger partial charge in [0.1, 0.15) is 84.4 Å². The van der Waals surface area contributed by atoms with Gasteiger partial charge in [0.2, 0.25) is 100 Å². The van der Waals surface area contributed by atoms with Gasteiger partial charge >= 0.3 is 5.97 Å². The topological polar surface area (TPSA) is 682 Å². The number of fused-ring (bicyclic) bond motifs is 2. The number of amides is 17. The lowest BCUT2D eigenvalue weighted by molar-refractivity contribution is -0.142. The zero-order chi connectivity index (χ0) is 87.2. The number of H-pyrrole nitrogens is 1. The van der Waals surface area contributed by atoms with Crippen LogP contribution in [0.5, 0.6) is 5.75 Å². The van der Waals surface area contributed by atoms with E-state index in [0.717, 1.165) is 31.0 Å². The first-order valence-electron chi connectivity index (χ1n) is 38.1. The molecule has 0 radical (unpaired) electrons. The van der Waals surface area contributed by atoms with Crippen LogP contribution in [0.25, 0.3) is 21.7 Å². The number of thioether (sulfide) groups is 1. The molecule has 642 valence electrons. The summed E-state index contributed by atoms with van der Waals surface area (Å²) in [6.45, 7) is 2.00.